The number of amides is 1. The summed E-state index contributed by atoms with van der Waals surface area (Å²) in [4.78, 5) is 16.2. The third kappa shape index (κ3) is 3.28. The number of nitrogens with zero attached hydrogens (tertiary/aromatic N) is 3. The highest BCUT2D eigenvalue weighted by atomic mass is 16.5. The van der Waals surface area contributed by atoms with Gasteiger partial charge in [0, 0.05) is 12.1 Å². The molecule has 0 spiro atoms. The highest BCUT2D eigenvalue weighted by Gasteiger charge is 2.06. The molecule has 0 aliphatic rings. The van der Waals surface area contributed by atoms with E-state index in [2.05, 4.69) is 15.5 Å². The molecule has 3 rings (SSSR count). The zero-order valence-electron chi connectivity index (χ0n) is 11.5. The molecule has 2 aromatic heterocycles. The molecule has 0 unspecified atom stereocenters. The molecule has 0 radical (unpaired) electrons. The van der Waals surface area contributed by atoms with Crippen LogP contribution in [0.15, 0.2) is 47.6 Å². The van der Waals surface area contributed by atoms with Crippen LogP contribution in [0.2, 0.25) is 0 Å². The predicted octanol–water partition coefficient (Wildman–Crippen LogP) is 1.77. The number of carbonyl (C=O) groups excluding carboxylic acids is 1. The Hall–Kier alpha value is -2.63. The van der Waals surface area contributed by atoms with Gasteiger partial charge in [-0.1, -0.05) is 17.3 Å². The molecule has 1 N–H and O–H groups in total. The van der Waals surface area contributed by atoms with Gasteiger partial charge in [0.15, 0.2) is 0 Å². The highest BCUT2D eigenvalue weighted by molar-refractivity contribution is 5.80. The minimum absolute atomic E-state index is 0.0107. The van der Waals surface area contributed by atoms with Crippen LogP contribution in [0.4, 0.5) is 0 Å². The first-order valence-electron chi connectivity index (χ1n) is 6.88. The van der Waals surface area contributed by atoms with E-state index >= 15 is 0 Å². The lowest BCUT2D eigenvalue weighted by atomic mass is 10.2. The van der Waals surface area contributed by atoms with Gasteiger partial charge in [-0.3, -0.25) is 4.79 Å². The van der Waals surface area contributed by atoms with E-state index in [1.54, 1.807) is 18.8 Å². The Bertz CT molecular complexity index is 718. The number of hydrogen-bond acceptors (Lipinski definition) is 4. The first-order valence-corrected chi connectivity index (χ1v) is 6.88. The maximum absolute atomic E-state index is 11.9. The van der Waals surface area contributed by atoms with E-state index in [4.69, 9.17) is 4.52 Å². The van der Waals surface area contributed by atoms with Gasteiger partial charge in [0.05, 0.1) is 23.6 Å². The number of aromatic nitrogens is 3. The van der Waals surface area contributed by atoms with Crippen molar-refractivity contribution >= 4 is 16.9 Å². The van der Waals surface area contributed by atoms with Crippen LogP contribution in [-0.2, 0) is 17.8 Å². The maximum atomic E-state index is 11.9. The third-order valence-corrected chi connectivity index (χ3v) is 3.29. The summed E-state index contributed by atoms with van der Waals surface area (Å²) in [5.74, 6) is -0.0107. The number of imidazole rings is 1. The van der Waals surface area contributed by atoms with E-state index in [-0.39, 0.29) is 12.5 Å². The molecule has 0 bridgehead atoms. The van der Waals surface area contributed by atoms with Gasteiger partial charge < -0.3 is 14.4 Å². The average molecular weight is 284 g/mol. The zero-order valence-corrected chi connectivity index (χ0v) is 11.5. The summed E-state index contributed by atoms with van der Waals surface area (Å²) in [5, 5.41) is 6.55. The minimum Gasteiger partial charge on any atom is -0.364 e. The van der Waals surface area contributed by atoms with Gasteiger partial charge in [-0.05, 0) is 25.0 Å². The topological polar surface area (TPSA) is 73.0 Å². The minimum atomic E-state index is -0.0107. The fourth-order valence-corrected chi connectivity index (χ4v) is 2.22. The number of benzene rings is 1. The first kappa shape index (κ1) is 13.4. The smallest absolute Gasteiger partial charge is 0.239 e. The van der Waals surface area contributed by atoms with Gasteiger partial charge in [-0.15, -0.1) is 0 Å². The summed E-state index contributed by atoms with van der Waals surface area (Å²) < 4.78 is 6.61. The fraction of sp³-hybridized carbons (Fsp3) is 0.267. The SMILES string of the molecule is O=C(Cn1cnc2ccccc21)NCCCc1cnoc1. The number of aryl methyl sites for hydroxylation is 1. The molecule has 108 valence electrons. The number of fused-ring (bicyclic) bond motifs is 1. The highest BCUT2D eigenvalue weighted by Crippen LogP contribution is 2.11. The third-order valence-electron chi connectivity index (χ3n) is 3.29. The molecule has 0 atom stereocenters. The normalized spacial score (nSPS) is 10.9. The quantitative estimate of drug-likeness (QED) is 0.700. The van der Waals surface area contributed by atoms with E-state index in [1.165, 1.54) is 0 Å². The number of para-hydroxylation sites is 2. The molecule has 21 heavy (non-hydrogen) atoms. The lowest BCUT2D eigenvalue weighted by Gasteiger charge is -2.06. The Labute approximate surface area is 121 Å². The molecule has 0 aliphatic carbocycles. The second-order valence-corrected chi connectivity index (χ2v) is 4.85. The molecule has 1 amide bonds. The van der Waals surface area contributed by atoms with Gasteiger partial charge in [-0.25, -0.2) is 4.98 Å². The van der Waals surface area contributed by atoms with Gasteiger partial charge in [0.25, 0.3) is 0 Å². The Kier molecular flexibility index (Phi) is 3.95. The van der Waals surface area contributed by atoms with Crippen molar-refractivity contribution in [3.63, 3.8) is 0 Å². The number of nitrogens with one attached hydrogen (secondary N) is 1. The van der Waals surface area contributed by atoms with Crippen LogP contribution in [0.1, 0.15) is 12.0 Å². The zero-order chi connectivity index (χ0) is 14.5. The molecule has 6 nitrogen and oxygen atoms in total. The Morgan fingerprint density at radius 1 is 1.33 bits per heavy atom. The van der Waals surface area contributed by atoms with Crippen molar-refractivity contribution in [2.45, 2.75) is 19.4 Å². The summed E-state index contributed by atoms with van der Waals surface area (Å²) in [5.41, 5.74) is 2.92. The van der Waals surface area contributed by atoms with Crippen molar-refractivity contribution in [1.29, 1.82) is 0 Å². The van der Waals surface area contributed by atoms with E-state index in [0.29, 0.717) is 6.54 Å². The lowest BCUT2D eigenvalue weighted by molar-refractivity contribution is -0.121. The maximum Gasteiger partial charge on any atom is 0.239 e. The molecular weight excluding hydrogens is 268 g/mol. The lowest BCUT2D eigenvalue weighted by Crippen LogP contribution is -2.28. The van der Waals surface area contributed by atoms with Crippen molar-refractivity contribution < 1.29 is 9.32 Å². The van der Waals surface area contributed by atoms with E-state index < -0.39 is 0 Å². The van der Waals surface area contributed by atoms with Gasteiger partial charge in [-0.2, -0.15) is 0 Å². The molecule has 1 aromatic carbocycles. The molecular formula is C15H16N4O2. The largest absolute Gasteiger partial charge is 0.364 e. The Morgan fingerprint density at radius 2 is 2.24 bits per heavy atom. The van der Waals surface area contributed by atoms with Crippen molar-refractivity contribution in [2.24, 2.45) is 0 Å². The number of hydrogen-bond donors (Lipinski definition) is 1. The summed E-state index contributed by atoms with van der Waals surface area (Å²) in [6.45, 7) is 0.921. The Morgan fingerprint density at radius 3 is 3.10 bits per heavy atom. The summed E-state index contributed by atoms with van der Waals surface area (Å²) in [6, 6.07) is 7.77. The molecule has 0 saturated carbocycles. The van der Waals surface area contributed by atoms with Crippen LogP contribution < -0.4 is 5.32 Å². The van der Waals surface area contributed by atoms with Crippen LogP contribution >= 0.6 is 0 Å². The van der Waals surface area contributed by atoms with Crippen LogP contribution in [-0.4, -0.2) is 27.2 Å². The monoisotopic (exact) mass is 284 g/mol. The van der Waals surface area contributed by atoms with Gasteiger partial charge in [0.1, 0.15) is 12.8 Å². The molecule has 3 aromatic rings. The van der Waals surface area contributed by atoms with Crippen molar-refractivity contribution in [3.05, 3.63) is 48.6 Å². The molecule has 0 aliphatic heterocycles. The first-order chi connectivity index (χ1) is 10.3. The second kappa shape index (κ2) is 6.21. The predicted molar refractivity (Wildman–Crippen MR) is 77.6 cm³/mol. The van der Waals surface area contributed by atoms with Crippen LogP contribution in [0.5, 0.6) is 0 Å². The fourth-order valence-electron chi connectivity index (χ4n) is 2.22. The number of carbonyl (C=O) groups is 1. The van der Waals surface area contributed by atoms with E-state index in [1.807, 2.05) is 28.8 Å². The van der Waals surface area contributed by atoms with Gasteiger partial charge >= 0.3 is 0 Å². The summed E-state index contributed by atoms with van der Waals surface area (Å²) in [6.07, 6.45) is 6.72. The average Bonchev–Trinajstić information content (AvgIpc) is 3.14. The second-order valence-electron chi connectivity index (χ2n) is 4.85. The molecule has 6 heteroatoms. The molecule has 2 heterocycles. The van der Waals surface area contributed by atoms with Crippen LogP contribution in [0.3, 0.4) is 0 Å². The standard InChI is InChI=1S/C15H16N4O2/c20-15(16-7-3-4-12-8-18-21-10-12)9-19-11-17-13-5-1-2-6-14(13)19/h1-2,5-6,8,10-11H,3-4,7,9H2,(H,16,20). The van der Waals surface area contributed by atoms with Crippen molar-refractivity contribution in [3.8, 4) is 0 Å². The van der Waals surface area contributed by atoms with Gasteiger partial charge in [0.2, 0.25) is 5.91 Å². The Balaban J connectivity index is 1.48. The van der Waals surface area contributed by atoms with Crippen LogP contribution in [0, 0.1) is 0 Å². The molecule has 0 fully saturated rings. The summed E-state index contributed by atoms with van der Waals surface area (Å²) in [7, 11) is 0. The van der Waals surface area contributed by atoms with Crippen molar-refractivity contribution in [1.82, 2.24) is 20.0 Å². The molecule has 0 saturated heterocycles. The van der Waals surface area contributed by atoms with Crippen molar-refractivity contribution in [2.75, 3.05) is 6.54 Å². The summed E-state index contributed by atoms with van der Waals surface area (Å²) >= 11 is 0. The number of rotatable bonds is 6. The van der Waals surface area contributed by atoms with E-state index in [9.17, 15) is 4.79 Å². The van der Waals surface area contributed by atoms with E-state index in [0.717, 1.165) is 29.4 Å². The van der Waals surface area contributed by atoms with Crippen LogP contribution in [0.25, 0.3) is 11.0 Å².